The summed E-state index contributed by atoms with van der Waals surface area (Å²) < 4.78 is 1.78. The van der Waals surface area contributed by atoms with Gasteiger partial charge in [0.1, 0.15) is 6.33 Å². The molecule has 9 nitrogen and oxygen atoms in total. The van der Waals surface area contributed by atoms with E-state index in [0.717, 1.165) is 67.1 Å². The van der Waals surface area contributed by atoms with E-state index in [0.29, 0.717) is 11.9 Å². The minimum absolute atomic E-state index is 0.0112. The fraction of sp³-hybridized carbons (Fsp3) is 0.571. The number of fused-ring (bicyclic) bond motifs is 3. The van der Waals surface area contributed by atoms with Gasteiger partial charge in [0.25, 0.3) is 5.56 Å². The predicted octanol–water partition coefficient (Wildman–Crippen LogP) is 1.88. The fourth-order valence-corrected chi connectivity index (χ4v) is 4.86. The summed E-state index contributed by atoms with van der Waals surface area (Å²) in [6.07, 6.45) is 5.43. The lowest BCUT2D eigenvalue weighted by atomic mass is 9.76. The molecule has 9 heteroatoms. The first-order valence-corrected chi connectivity index (χ1v) is 10.6. The molecule has 0 unspecified atom stereocenters. The van der Waals surface area contributed by atoms with Crippen molar-refractivity contribution in [1.82, 2.24) is 29.8 Å². The summed E-state index contributed by atoms with van der Waals surface area (Å²) in [5.41, 5.74) is 4.82. The van der Waals surface area contributed by atoms with Crippen LogP contribution in [0.15, 0.2) is 17.2 Å². The van der Waals surface area contributed by atoms with Crippen LogP contribution in [-0.2, 0) is 11.8 Å². The van der Waals surface area contributed by atoms with Crippen molar-refractivity contribution < 1.29 is 0 Å². The summed E-state index contributed by atoms with van der Waals surface area (Å²) in [6, 6.07) is 2.16. The first kappa shape index (κ1) is 19.0. The van der Waals surface area contributed by atoms with E-state index in [-0.39, 0.29) is 11.0 Å². The topological polar surface area (TPSA) is 95.3 Å². The quantitative estimate of drug-likeness (QED) is 0.707. The Hall–Kier alpha value is -2.97. The van der Waals surface area contributed by atoms with E-state index < -0.39 is 0 Å². The number of H-pyrrole nitrogens is 1. The minimum Gasteiger partial charge on any atom is -0.368 e. The summed E-state index contributed by atoms with van der Waals surface area (Å²) in [5.74, 6) is 0.970. The lowest BCUT2D eigenvalue weighted by Gasteiger charge is -2.40. The van der Waals surface area contributed by atoms with E-state index in [1.54, 1.807) is 10.8 Å². The molecule has 1 fully saturated rings. The van der Waals surface area contributed by atoms with Gasteiger partial charge >= 0.3 is 0 Å². The van der Waals surface area contributed by atoms with E-state index in [4.69, 9.17) is 4.98 Å². The van der Waals surface area contributed by atoms with Crippen LogP contribution in [-0.4, -0.2) is 57.0 Å². The highest BCUT2D eigenvalue weighted by Gasteiger charge is 2.44. The number of aromatic amines is 1. The predicted molar refractivity (Wildman–Crippen MR) is 116 cm³/mol. The Kier molecular flexibility index (Phi) is 4.30. The average Bonchev–Trinajstić information content (AvgIpc) is 3.33. The third-order valence-corrected chi connectivity index (χ3v) is 6.70. The molecule has 0 saturated carbocycles. The zero-order chi connectivity index (χ0) is 21.0. The first-order chi connectivity index (χ1) is 14.4. The second-order valence-electron chi connectivity index (χ2n) is 9.09. The molecule has 1 spiro atoms. The molecule has 158 valence electrons. The molecular weight excluding hydrogens is 380 g/mol. The molecule has 0 atom stereocenters. The number of aromatic nitrogens is 6. The highest BCUT2D eigenvalue weighted by molar-refractivity contribution is 5.68. The van der Waals surface area contributed by atoms with Crippen LogP contribution in [0.25, 0.3) is 5.65 Å². The zero-order valence-corrected chi connectivity index (χ0v) is 18.0. The average molecular weight is 409 g/mol. The number of anilines is 2. The Morgan fingerprint density at radius 3 is 2.67 bits per heavy atom. The summed E-state index contributed by atoms with van der Waals surface area (Å²) in [6.45, 7) is 6.09. The molecule has 5 rings (SSSR count). The Morgan fingerprint density at radius 1 is 1.20 bits per heavy atom. The molecule has 0 aromatic carbocycles. The third kappa shape index (κ3) is 2.86. The van der Waals surface area contributed by atoms with Crippen molar-refractivity contribution in [1.29, 1.82) is 0 Å². The van der Waals surface area contributed by atoms with Crippen molar-refractivity contribution in [2.75, 3.05) is 37.0 Å². The maximum atomic E-state index is 12.6. The fourth-order valence-electron chi connectivity index (χ4n) is 4.86. The molecule has 0 bridgehead atoms. The molecule has 4 heterocycles. The molecule has 0 radical (unpaired) electrons. The largest absolute Gasteiger partial charge is 0.368 e. The summed E-state index contributed by atoms with van der Waals surface area (Å²) in [5, 5.41) is 13.0. The van der Waals surface area contributed by atoms with E-state index >= 15 is 0 Å². The monoisotopic (exact) mass is 408 g/mol. The normalized spacial score (nSPS) is 17.8. The van der Waals surface area contributed by atoms with Gasteiger partial charge < -0.3 is 9.80 Å². The van der Waals surface area contributed by atoms with Crippen molar-refractivity contribution in [2.24, 2.45) is 0 Å². The van der Waals surface area contributed by atoms with Crippen LogP contribution in [0.4, 0.5) is 11.6 Å². The number of nitrogens with zero attached hydrogens (tertiary/aromatic N) is 7. The van der Waals surface area contributed by atoms with Gasteiger partial charge in [-0.15, -0.1) is 10.2 Å². The Bertz CT molecular complexity index is 1150. The van der Waals surface area contributed by atoms with Crippen molar-refractivity contribution in [2.45, 2.75) is 50.9 Å². The third-order valence-electron chi connectivity index (χ3n) is 6.70. The molecule has 0 amide bonds. The molecule has 2 aliphatic rings. The van der Waals surface area contributed by atoms with Gasteiger partial charge in [0.2, 0.25) is 11.6 Å². The van der Waals surface area contributed by atoms with E-state index in [2.05, 4.69) is 45.1 Å². The van der Waals surface area contributed by atoms with E-state index in [1.807, 2.05) is 19.0 Å². The van der Waals surface area contributed by atoms with Crippen LogP contribution in [0, 0.1) is 0 Å². The minimum atomic E-state index is -0.0112. The highest BCUT2D eigenvalue weighted by atomic mass is 16.1. The van der Waals surface area contributed by atoms with Crippen molar-refractivity contribution in [3.63, 3.8) is 0 Å². The van der Waals surface area contributed by atoms with Crippen LogP contribution in [0.2, 0.25) is 0 Å². The van der Waals surface area contributed by atoms with Crippen molar-refractivity contribution in [3.8, 4) is 0 Å². The van der Waals surface area contributed by atoms with Gasteiger partial charge in [0, 0.05) is 38.2 Å². The number of nitrogens with one attached hydrogen (secondary N) is 1. The summed E-state index contributed by atoms with van der Waals surface area (Å²) >= 11 is 0. The second-order valence-corrected chi connectivity index (χ2v) is 9.09. The maximum absolute atomic E-state index is 12.6. The lowest BCUT2D eigenvalue weighted by molar-refractivity contribution is 0.323. The molecule has 1 aliphatic heterocycles. The van der Waals surface area contributed by atoms with Crippen molar-refractivity contribution in [3.05, 3.63) is 39.7 Å². The molecule has 1 N–H and O–H groups in total. The van der Waals surface area contributed by atoms with Crippen LogP contribution in [0.5, 0.6) is 0 Å². The molecule has 1 aliphatic carbocycles. The second kappa shape index (κ2) is 6.78. The first-order valence-electron chi connectivity index (χ1n) is 10.6. The van der Waals surface area contributed by atoms with Gasteiger partial charge in [-0.05, 0) is 37.7 Å². The van der Waals surface area contributed by atoms with Gasteiger partial charge in [-0.25, -0.2) is 4.98 Å². The smallest absolute Gasteiger partial charge is 0.255 e. The van der Waals surface area contributed by atoms with Crippen molar-refractivity contribution >= 4 is 17.3 Å². The Balaban J connectivity index is 1.47. The van der Waals surface area contributed by atoms with E-state index in [1.165, 1.54) is 0 Å². The Morgan fingerprint density at radius 2 is 1.97 bits per heavy atom. The van der Waals surface area contributed by atoms with Crippen LogP contribution >= 0.6 is 0 Å². The summed E-state index contributed by atoms with van der Waals surface area (Å²) in [7, 11) is 3.82. The van der Waals surface area contributed by atoms with Gasteiger partial charge in [0.05, 0.1) is 17.1 Å². The van der Waals surface area contributed by atoms with Gasteiger partial charge in [-0.2, -0.15) is 9.61 Å². The number of rotatable bonds is 3. The molecule has 3 aromatic rings. The summed E-state index contributed by atoms with van der Waals surface area (Å²) in [4.78, 5) is 24.7. The maximum Gasteiger partial charge on any atom is 0.255 e. The van der Waals surface area contributed by atoms with E-state index in [9.17, 15) is 4.79 Å². The molecule has 30 heavy (non-hydrogen) atoms. The molecular formula is C21H28N8O. The zero-order valence-electron chi connectivity index (χ0n) is 18.0. The highest BCUT2D eigenvalue weighted by Crippen LogP contribution is 2.45. The van der Waals surface area contributed by atoms with Crippen LogP contribution in [0.1, 0.15) is 56.0 Å². The van der Waals surface area contributed by atoms with Gasteiger partial charge in [-0.1, -0.05) is 13.8 Å². The SMILES string of the molecule is CC(C)c1cc(N2CCC3(CCc4c3nc(N(C)C)[nH]c4=O)CC2)c2nncn2n1. The lowest BCUT2D eigenvalue weighted by Crippen LogP contribution is -2.42. The van der Waals surface area contributed by atoms with Crippen LogP contribution in [0.3, 0.4) is 0 Å². The Labute approximate surface area is 175 Å². The number of hydrogen-bond acceptors (Lipinski definition) is 7. The van der Waals surface area contributed by atoms with Gasteiger partial charge in [0.15, 0.2) is 0 Å². The van der Waals surface area contributed by atoms with Crippen LogP contribution < -0.4 is 15.4 Å². The number of piperidine rings is 1. The number of hydrogen-bond donors (Lipinski definition) is 1. The molecule has 3 aromatic heterocycles. The standard InChI is InChI=1S/C21H28N8O/c1-13(2)15-11-16(18-25-22-12-29(18)26-15)28-9-7-21(8-10-28)6-5-14-17(21)23-20(27(3)4)24-19(14)30/h11-13H,5-10H2,1-4H3,(H,23,24,30). The van der Waals surface area contributed by atoms with Gasteiger partial charge in [-0.3, -0.25) is 9.78 Å². The molecule has 1 saturated heterocycles.